The third kappa shape index (κ3) is 2.23. The van der Waals surface area contributed by atoms with Crippen LogP contribution in [0.25, 0.3) is 11.1 Å². The number of aromatic nitrogens is 1. The van der Waals surface area contributed by atoms with Crippen LogP contribution < -0.4 is 0 Å². The van der Waals surface area contributed by atoms with Gasteiger partial charge in [0.25, 0.3) is 0 Å². The van der Waals surface area contributed by atoms with Gasteiger partial charge in [0.05, 0.1) is 0 Å². The Morgan fingerprint density at radius 1 is 1.12 bits per heavy atom. The van der Waals surface area contributed by atoms with Gasteiger partial charge in [-0.05, 0) is 18.2 Å². The fourth-order valence-corrected chi connectivity index (χ4v) is 1.91. The minimum Gasteiger partial charge on any atom is -0.298 e. The third-order valence-corrected chi connectivity index (χ3v) is 2.69. The smallest absolute Gasteiger partial charge is 0.151 e. The lowest BCUT2D eigenvalue weighted by molar-refractivity contribution is 0.112. The Morgan fingerprint density at radius 3 is 2.62 bits per heavy atom. The first kappa shape index (κ1) is 11.1. The van der Waals surface area contributed by atoms with Gasteiger partial charge in [-0.3, -0.25) is 9.78 Å². The first-order valence-electron chi connectivity index (χ1n) is 4.56. The van der Waals surface area contributed by atoms with Crippen LogP contribution in [0.2, 0.25) is 10.0 Å². The molecule has 0 aliphatic heterocycles. The molecular weight excluding hydrogens is 245 g/mol. The van der Waals surface area contributed by atoms with E-state index in [9.17, 15) is 4.79 Å². The lowest BCUT2D eigenvalue weighted by Crippen LogP contribution is -1.86. The molecule has 0 radical (unpaired) electrons. The molecule has 0 amide bonds. The fraction of sp³-hybridized carbons (Fsp3) is 0. The zero-order chi connectivity index (χ0) is 11.5. The molecule has 80 valence electrons. The van der Waals surface area contributed by atoms with Crippen molar-refractivity contribution in [2.45, 2.75) is 0 Å². The van der Waals surface area contributed by atoms with E-state index < -0.39 is 0 Å². The zero-order valence-corrected chi connectivity index (χ0v) is 9.66. The van der Waals surface area contributed by atoms with Crippen molar-refractivity contribution in [3.63, 3.8) is 0 Å². The highest BCUT2D eigenvalue weighted by Gasteiger charge is 2.05. The van der Waals surface area contributed by atoms with Crippen molar-refractivity contribution < 1.29 is 4.79 Å². The average molecular weight is 252 g/mol. The van der Waals surface area contributed by atoms with E-state index in [1.807, 2.05) is 0 Å². The summed E-state index contributed by atoms with van der Waals surface area (Å²) in [6.45, 7) is 0. The maximum Gasteiger partial charge on any atom is 0.151 e. The largest absolute Gasteiger partial charge is 0.298 e. The molecule has 0 fully saturated rings. The van der Waals surface area contributed by atoms with Crippen LogP contribution in [-0.2, 0) is 0 Å². The molecule has 1 aromatic carbocycles. The molecule has 0 unspecified atom stereocenters. The summed E-state index contributed by atoms with van der Waals surface area (Å²) >= 11 is 11.9. The fourth-order valence-electron chi connectivity index (χ4n) is 1.39. The molecule has 0 N–H and O–H groups in total. The van der Waals surface area contributed by atoms with Crippen LogP contribution in [0.4, 0.5) is 0 Å². The number of hydrogen-bond donors (Lipinski definition) is 0. The predicted octanol–water partition coefficient (Wildman–Crippen LogP) is 3.87. The van der Waals surface area contributed by atoms with Gasteiger partial charge in [0.2, 0.25) is 0 Å². The summed E-state index contributed by atoms with van der Waals surface area (Å²) in [4.78, 5) is 14.6. The van der Waals surface area contributed by atoms with E-state index in [0.717, 1.165) is 17.4 Å². The Bertz CT molecular complexity index is 540. The van der Waals surface area contributed by atoms with Crippen molar-refractivity contribution in [2.75, 3.05) is 0 Å². The van der Waals surface area contributed by atoms with Crippen molar-refractivity contribution in [3.8, 4) is 11.1 Å². The van der Waals surface area contributed by atoms with Crippen molar-refractivity contribution in [1.29, 1.82) is 0 Å². The molecule has 16 heavy (non-hydrogen) atoms. The van der Waals surface area contributed by atoms with Gasteiger partial charge in [0, 0.05) is 39.1 Å². The number of carbonyl (C=O) groups excluding carboxylic acids is 1. The van der Waals surface area contributed by atoms with E-state index in [-0.39, 0.29) is 0 Å². The number of aldehydes is 1. The van der Waals surface area contributed by atoms with Crippen molar-refractivity contribution in [3.05, 3.63) is 52.3 Å². The van der Waals surface area contributed by atoms with Crippen LogP contribution in [-0.4, -0.2) is 11.3 Å². The van der Waals surface area contributed by atoms with E-state index in [2.05, 4.69) is 4.98 Å². The van der Waals surface area contributed by atoms with Gasteiger partial charge in [0.1, 0.15) is 0 Å². The highest BCUT2D eigenvalue weighted by Crippen LogP contribution is 2.29. The summed E-state index contributed by atoms with van der Waals surface area (Å²) in [7, 11) is 0. The number of nitrogens with zero attached hydrogens (tertiary/aromatic N) is 1. The molecule has 2 rings (SSSR count). The van der Waals surface area contributed by atoms with Crippen LogP contribution in [0.3, 0.4) is 0 Å². The molecule has 0 bridgehead atoms. The Morgan fingerprint density at radius 2 is 1.94 bits per heavy atom. The van der Waals surface area contributed by atoms with Crippen molar-refractivity contribution in [2.24, 2.45) is 0 Å². The molecule has 1 aromatic heterocycles. The maximum absolute atomic E-state index is 10.6. The summed E-state index contributed by atoms with van der Waals surface area (Å²) in [6, 6.07) is 6.94. The molecule has 0 aliphatic rings. The molecular formula is C12H7Cl2NO. The van der Waals surface area contributed by atoms with E-state index in [0.29, 0.717) is 15.6 Å². The number of halogens is 2. The SMILES string of the molecule is O=Cc1cncc(-c2ccc(Cl)cc2Cl)c1. The van der Waals surface area contributed by atoms with Crippen LogP contribution in [0.5, 0.6) is 0 Å². The van der Waals surface area contributed by atoms with Gasteiger partial charge < -0.3 is 0 Å². The Labute approximate surface area is 103 Å². The Balaban J connectivity index is 2.53. The van der Waals surface area contributed by atoms with Gasteiger partial charge in [0.15, 0.2) is 6.29 Å². The average Bonchev–Trinajstić information content (AvgIpc) is 2.29. The lowest BCUT2D eigenvalue weighted by atomic mass is 10.1. The van der Waals surface area contributed by atoms with Gasteiger partial charge in [-0.15, -0.1) is 0 Å². The lowest BCUT2D eigenvalue weighted by Gasteiger charge is -2.04. The minimum atomic E-state index is 0.517. The normalized spacial score (nSPS) is 10.1. The first-order chi connectivity index (χ1) is 7.70. The monoisotopic (exact) mass is 251 g/mol. The van der Waals surface area contributed by atoms with Crippen LogP contribution in [0.15, 0.2) is 36.7 Å². The van der Waals surface area contributed by atoms with Crippen LogP contribution in [0, 0.1) is 0 Å². The van der Waals surface area contributed by atoms with Crippen LogP contribution >= 0.6 is 23.2 Å². The minimum absolute atomic E-state index is 0.517. The van der Waals surface area contributed by atoms with Gasteiger partial charge in [-0.25, -0.2) is 0 Å². The van der Waals surface area contributed by atoms with E-state index >= 15 is 0 Å². The zero-order valence-electron chi connectivity index (χ0n) is 8.15. The van der Waals surface area contributed by atoms with E-state index in [4.69, 9.17) is 23.2 Å². The van der Waals surface area contributed by atoms with E-state index in [1.54, 1.807) is 30.5 Å². The van der Waals surface area contributed by atoms with Gasteiger partial charge in [-0.1, -0.05) is 29.3 Å². The Kier molecular flexibility index (Phi) is 3.22. The number of benzene rings is 1. The summed E-state index contributed by atoms with van der Waals surface area (Å²) in [5, 5.41) is 1.12. The third-order valence-electron chi connectivity index (χ3n) is 2.14. The summed E-state index contributed by atoms with van der Waals surface area (Å²) in [5.41, 5.74) is 2.12. The second-order valence-corrected chi connectivity index (χ2v) is 4.09. The molecule has 0 spiro atoms. The van der Waals surface area contributed by atoms with Crippen LogP contribution in [0.1, 0.15) is 10.4 Å². The number of pyridine rings is 1. The maximum atomic E-state index is 10.6. The topological polar surface area (TPSA) is 30.0 Å². The second kappa shape index (κ2) is 4.64. The van der Waals surface area contributed by atoms with E-state index in [1.165, 1.54) is 6.20 Å². The number of rotatable bonds is 2. The molecule has 4 heteroatoms. The Hall–Kier alpha value is -1.38. The summed E-state index contributed by atoms with van der Waals surface area (Å²) in [5.74, 6) is 0. The van der Waals surface area contributed by atoms with Crippen molar-refractivity contribution >= 4 is 29.5 Å². The highest BCUT2D eigenvalue weighted by molar-refractivity contribution is 6.36. The predicted molar refractivity (Wildman–Crippen MR) is 65.1 cm³/mol. The standard InChI is InChI=1S/C12H7Cl2NO/c13-10-1-2-11(12(14)4-10)9-3-8(7-16)5-15-6-9/h1-7H. The number of hydrogen-bond acceptors (Lipinski definition) is 2. The van der Waals surface area contributed by atoms with Gasteiger partial charge in [-0.2, -0.15) is 0 Å². The molecule has 2 nitrogen and oxygen atoms in total. The highest BCUT2D eigenvalue weighted by atomic mass is 35.5. The second-order valence-electron chi connectivity index (χ2n) is 3.25. The van der Waals surface area contributed by atoms with Gasteiger partial charge >= 0.3 is 0 Å². The summed E-state index contributed by atoms with van der Waals surface area (Å²) in [6.07, 6.45) is 3.91. The molecule has 0 aliphatic carbocycles. The number of carbonyl (C=O) groups is 1. The molecule has 0 saturated heterocycles. The molecule has 2 aromatic rings. The first-order valence-corrected chi connectivity index (χ1v) is 5.32. The molecule has 0 saturated carbocycles. The summed E-state index contributed by atoms with van der Waals surface area (Å²) < 4.78 is 0. The molecule has 0 atom stereocenters. The quantitative estimate of drug-likeness (QED) is 0.759. The molecule has 1 heterocycles. The van der Waals surface area contributed by atoms with Crippen molar-refractivity contribution in [1.82, 2.24) is 4.98 Å².